The number of hydrogen-bond donors (Lipinski definition) is 1. The molecule has 2 nitrogen and oxygen atoms in total. The fourth-order valence-corrected chi connectivity index (χ4v) is 1.86. The quantitative estimate of drug-likeness (QED) is 0.709. The number of aromatic nitrogens is 1. The van der Waals surface area contributed by atoms with Crippen molar-refractivity contribution in [2.24, 2.45) is 0 Å². The van der Waals surface area contributed by atoms with Gasteiger partial charge in [0.15, 0.2) is 0 Å². The SMILES string of the molecule is Cc1cccc([C@H]2CCCCN2)n1. The van der Waals surface area contributed by atoms with Crippen LogP contribution in [-0.2, 0) is 0 Å². The Morgan fingerprint density at radius 3 is 3.00 bits per heavy atom. The van der Waals surface area contributed by atoms with E-state index in [2.05, 4.69) is 22.4 Å². The second kappa shape index (κ2) is 3.88. The molecule has 0 unspecified atom stereocenters. The number of rotatable bonds is 1. The molecule has 1 fully saturated rings. The third-order valence-electron chi connectivity index (χ3n) is 2.58. The number of piperidine rings is 1. The van der Waals surface area contributed by atoms with Crippen LogP contribution in [0.5, 0.6) is 0 Å². The maximum absolute atomic E-state index is 4.53. The van der Waals surface area contributed by atoms with Crippen LogP contribution in [0.1, 0.15) is 36.7 Å². The van der Waals surface area contributed by atoms with Crippen molar-refractivity contribution in [3.05, 3.63) is 29.6 Å². The van der Waals surface area contributed by atoms with Gasteiger partial charge in [-0.3, -0.25) is 4.98 Å². The molecule has 0 amide bonds. The van der Waals surface area contributed by atoms with E-state index in [0.717, 1.165) is 12.2 Å². The zero-order valence-corrected chi connectivity index (χ0v) is 8.09. The van der Waals surface area contributed by atoms with Gasteiger partial charge in [0.1, 0.15) is 0 Å². The van der Waals surface area contributed by atoms with Gasteiger partial charge in [0.25, 0.3) is 0 Å². The van der Waals surface area contributed by atoms with Crippen LogP contribution in [0.3, 0.4) is 0 Å². The predicted molar refractivity (Wildman–Crippen MR) is 53.6 cm³/mol. The molecule has 0 saturated carbocycles. The van der Waals surface area contributed by atoms with Crippen molar-refractivity contribution in [1.82, 2.24) is 10.3 Å². The van der Waals surface area contributed by atoms with Crippen molar-refractivity contribution in [3.8, 4) is 0 Å². The molecular weight excluding hydrogens is 160 g/mol. The fourth-order valence-electron chi connectivity index (χ4n) is 1.86. The molecule has 13 heavy (non-hydrogen) atoms. The Kier molecular flexibility index (Phi) is 2.60. The van der Waals surface area contributed by atoms with Gasteiger partial charge in [-0.2, -0.15) is 0 Å². The van der Waals surface area contributed by atoms with Gasteiger partial charge >= 0.3 is 0 Å². The van der Waals surface area contributed by atoms with E-state index in [1.165, 1.54) is 25.0 Å². The molecule has 0 bridgehead atoms. The lowest BCUT2D eigenvalue weighted by Crippen LogP contribution is -2.27. The molecule has 0 aliphatic carbocycles. The van der Waals surface area contributed by atoms with Gasteiger partial charge in [-0.05, 0) is 38.4 Å². The molecule has 1 saturated heterocycles. The first kappa shape index (κ1) is 8.70. The Balaban J connectivity index is 2.14. The van der Waals surface area contributed by atoms with Crippen LogP contribution in [0.4, 0.5) is 0 Å². The number of nitrogens with zero attached hydrogens (tertiary/aromatic N) is 1. The number of aryl methyl sites for hydroxylation is 1. The van der Waals surface area contributed by atoms with Gasteiger partial charge in [-0.15, -0.1) is 0 Å². The molecule has 1 aliphatic heterocycles. The molecule has 1 aromatic rings. The van der Waals surface area contributed by atoms with Crippen molar-refractivity contribution in [2.45, 2.75) is 32.2 Å². The van der Waals surface area contributed by atoms with E-state index < -0.39 is 0 Å². The Labute approximate surface area is 79.4 Å². The lowest BCUT2D eigenvalue weighted by molar-refractivity contribution is 0.405. The number of hydrogen-bond acceptors (Lipinski definition) is 2. The standard InChI is InChI=1S/C11H16N2/c1-9-5-4-7-11(13-9)10-6-2-3-8-12-10/h4-5,7,10,12H,2-3,6,8H2,1H3/t10-/m1/s1. The molecule has 1 aliphatic rings. The average Bonchev–Trinajstić information content (AvgIpc) is 2.19. The Bertz CT molecular complexity index is 277. The van der Waals surface area contributed by atoms with Crippen molar-refractivity contribution in [1.29, 1.82) is 0 Å². The highest BCUT2D eigenvalue weighted by atomic mass is 14.9. The molecule has 0 spiro atoms. The summed E-state index contributed by atoms with van der Waals surface area (Å²) >= 11 is 0. The van der Waals surface area contributed by atoms with Gasteiger partial charge in [-0.25, -0.2) is 0 Å². The van der Waals surface area contributed by atoms with Crippen molar-refractivity contribution < 1.29 is 0 Å². The smallest absolute Gasteiger partial charge is 0.0576 e. The Morgan fingerprint density at radius 1 is 1.38 bits per heavy atom. The first-order valence-electron chi connectivity index (χ1n) is 5.03. The van der Waals surface area contributed by atoms with Crippen LogP contribution in [0, 0.1) is 6.92 Å². The van der Waals surface area contributed by atoms with E-state index in [1.807, 2.05) is 13.0 Å². The van der Waals surface area contributed by atoms with Crippen LogP contribution in [-0.4, -0.2) is 11.5 Å². The maximum atomic E-state index is 4.53. The second-order valence-corrected chi connectivity index (χ2v) is 3.71. The maximum Gasteiger partial charge on any atom is 0.0576 e. The fraction of sp³-hybridized carbons (Fsp3) is 0.545. The molecule has 0 radical (unpaired) electrons. The molecule has 1 atom stereocenters. The average molecular weight is 176 g/mol. The van der Waals surface area contributed by atoms with Crippen molar-refractivity contribution >= 4 is 0 Å². The molecule has 70 valence electrons. The van der Waals surface area contributed by atoms with Crippen LogP contribution in [0.15, 0.2) is 18.2 Å². The zero-order chi connectivity index (χ0) is 9.10. The van der Waals surface area contributed by atoms with E-state index in [1.54, 1.807) is 0 Å². The van der Waals surface area contributed by atoms with E-state index in [9.17, 15) is 0 Å². The highest BCUT2D eigenvalue weighted by Crippen LogP contribution is 2.20. The molecule has 2 heterocycles. The summed E-state index contributed by atoms with van der Waals surface area (Å²) in [5, 5.41) is 3.50. The lowest BCUT2D eigenvalue weighted by atomic mass is 10.0. The Hall–Kier alpha value is -0.890. The summed E-state index contributed by atoms with van der Waals surface area (Å²) in [5.41, 5.74) is 2.32. The summed E-state index contributed by atoms with van der Waals surface area (Å²) in [6, 6.07) is 6.75. The summed E-state index contributed by atoms with van der Waals surface area (Å²) in [6.45, 7) is 3.19. The minimum Gasteiger partial charge on any atom is -0.309 e. The van der Waals surface area contributed by atoms with E-state index in [-0.39, 0.29) is 0 Å². The largest absolute Gasteiger partial charge is 0.309 e. The summed E-state index contributed by atoms with van der Waals surface area (Å²) in [6.07, 6.45) is 3.87. The highest BCUT2D eigenvalue weighted by Gasteiger charge is 2.15. The lowest BCUT2D eigenvalue weighted by Gasteiger charge is -2.22. The topological polar surface area (TPSA) is 24.9 Å². The third kappa shape index (κ3) is 2.07. The van der Waals surface area contributed by atoms with E-state index >= 15 is 0 Å². The molecular formula is C11H16N2. The van der Waals surface area contributed by atoms with Crippen LogP contribution >= 0.6 is 0 Å². The minimum atomic E-state index is 0.494. The first-order chi connectivity index (χ1) is 6.36. The summed E-state index contributed by atoms with van der Waals surface area (Å²) < 4.78 is 0. The first-order valence-corrected chi connectivity index (χ1v) is 5.03. The second-order valence-electron chi connectivity index (χ2n) is 3.71. The van der Waals surface area contributed by atoms with E-state index in [0.29, 0.717) is 6.04 Å². The molecule has 1 N–H and O–H groups in total. The Morgan fingerprint density at radius 2 is 2.31 bits per heavy atom. The minimum absolute atomic E-state index is 0.494. The predicted octanol–water partition coefficient (Wildman–Crippen LogP) is 2.20. The number of pyridine rings is 1. The normalized spacial score (nSPS) is 23.0. The van der Waals surface area contributed by atoms with Crippen molar-refractivity contribution in [3.63, 3.8) is 0 Å². The molecule has 0 aromatic carbocycles. The summed E-state index contributed by atoms with van der Waals surface area (Å²) in [5.74, 6) is 0. The van der Waals surface area contributed by atoms with Gasteiger partial charge in [0, 0.05) is 11.7 Å². The monoisotopic (exact) mass is 176 g/mol. The molecule has 2 rings (SSSR count). The van der Waals surface area contributed by atoms with Crippen LogP contribution in [0.2, 0.25) is 0 Å². The molecule has 1 aromatic heterocycles. The molecule has 2 heteroatoms. The van der Waals surface area contributed by atoms with Crippen LogP contribution < -0.4 is 5.32 Å². The van der Waals surface area contributed by atoms with Crippen LogP contribution in [0.25, 0.3) is 0 Å². The third-order valence-corrected chi connectivity index (χ3v) is 2.58. The van der Waals surface area contributed by atoms with Gasteiger partial charge < -0.3 is 5.32 Å². The van der Waals surface area contributed by atoms with Gasteiger partial charge in [0.2, 0.25) is 0 Å². The van der Waals surface area contributed by atoms with Gasteiger partial charge in [-0.1, -0.05) is 12.5 Å². The van der Waals surface area contributed by atoms with E-state index in [4.69, 9.17) is 0 Å². The van der Waals surface area contributed by atoms with Crippen molar-refractivity contribution in [2.75, 3.05) is 6.54 Å². The number of nitrogens with one attached hydrogen (secondary N) is 1. The highest BCUT2D eigenvalue weighted by molar-refractivity contribution is 5.13. The summed E-state index contributed by atoms with van der Waals surface area (Å²) in [7, 11) is 0. The van der Waals surface area contributed by atoms with Gasteiger partial charge in [0.05, 0.1) is 5.69 Å². The zero-order valence-electron chi connectivity index (χ0n) is 8.09. The summed E-state index contributed by atoms with van der Waals surface area (Å²) in [4.78, 5) is 4.53.